The predicted molar refractivity (Wildman–Crippen MR) is 83.2 cm³/mol. The van der Waals surface area contributed by atoms with E-state index in [9.17, 15) is 0 Å². The van der Waals surface area contributed by atoms with Crippen LogP contribution in [0.1, 0.15) is 6.42 Å². The molecular weight excluding hydrogens is 316 g/mol. The molecule has 20 heavy (non-hydrogen) atoms. The number of rotatable bonds is 4. The van der Waals surface area contributed by atoms with Gasteiger partial charge < -0.3 is 9.47 Å². The molecule has 0 amide bonds. The highest BCUT2D eigenvalue weighted by Gasteiger charge is 2.22. The van der Waals surface area contributed by atoms with Gasteiger partial charge in [-0.15, -0.1) is 0 Å². The van der Waals surface area contributed by atoms with Crippen molar-refractivity contribution in [2.75, 3.05) is 0 Å². The molecule has 0 aliphatic heterocycles. The topological polar surface area (TPSA) is 18.5 Å². The second kappa shape index (κ2) is 6.14. The van der Waals surface area contributed by atoms with Crippen molar-refractivity contribution in [2.45, 2.75) is 18.6 Å². The predicted octanol–water partition coefficient (Wildman–Crippen LogP) is 4.60. The molecule has 1 aliphatic carbocycles. The quantitative estimate of drug-likeness (QED) is 0.762. The first-order chi connectivity index (χ1) is 9.81. The fourth-order valence-corrected chi connectivity index (χ4v) is 2.56. The van der Waals surface area contributed by atoms with E-state index in [0.29, 0.717) is 0 Å². The molecule has 102 valence electrons. The number of halogens is 1. The van der Waals surface area contributed by atoms with Crippen LogP contribution in [0.15, 0.2) is 71.2 Å². The summed E-state index contributed by atoms with van der Waals surface area (Å²) in [4.78, 5) is 0. The van der Waals surface area contributed by atoms with Crippen molar-refractivity contribution in [3.63, 3.8) is 0 Å². The zero-order chi connectivity index (χ0) is 13.8. The van der Waals surface area contributed by atoms with Gasteiger partial charge in [0.25, 0.3) is 0 Å². The van der Waals surface area contributed by atoms with Gasteiger partial charge in [-0.1, -0.05) is 30.3 Å². The monoisotopic (exact) mass is 330 g/mol. The molecule has 3 heteroatoms. The minimum Gasteiger partial charge on any atom is -0.486 e. The molecule has 0 unspecified atom stereocenters. The van der Waals surface area contributed by atoms with Crippen LogP contribution in [0, 0.1) is 0 Å². The molecule has 0 saturated carbocycles. The van der Waals surface area contributed by atoms with Gasteiger partial charge in [0, 0.05) is 6.42 Å². The highest BCUT2D eigenvalue weighted by atomic mass is 79.9. The van der Waals surface area contributed by atoms with E-state index in [2.05, 4.69) is 28.1 Å². The number of para-hydroxylation sites is 2. The first-order valence-electron chi connectivity index (χ1n) is 6.62. The molecule has 2 aromatic carbocycles. The molecule has 0 N–H and O–H groups in total. The van der Waals surface area contributed by atoms with E-state index in [4.69, 9.17) is 9.47 Å². The van der Waals surface area contributed by atoms with Gasteiger partial charge in [-0.2, -0.15) is 0 Å². The van der Waals surface area contributed by atoms with Crippen molar-refractivity contribution in [3.05, 3.63) is 71.2 Å². The third-order valence-electron chi connectivity index (χ3n) is 3.15. The normalized spacial score (nSPS) is 20.9. The van der Waals surface area contributed by atoms with Crippen molar-refractivity contribution in [1.82, 2.24) is 0 Å². The van der Waals surface area contributed by atoms with E-state index in [-0.39, 0.29) is 12.2 Å². The Bertz CT molecular complexity index is 595. The largest absolute Gasteiger partial charge is 0.486 e. The van der Waals surface area contributed by atoms with Crippen LogP contribution in [0.3, 0.4) is 0 Å². The first-order valence-corrected chi connectivity index (χ1v) is 7.42. The van der Waals surface area contributed by atoms with E-state index in [1.165, 1.54) is 0 Å². The minimum absolute atomic E-state index is 0.0578. The lowest BCUT2D eigenvalue weighted by Crippen LogP contribution is -2.18. The smallest absolute Gasteiger partial charge is 0.134 e. The molecule has 0 aromatic heterocycles. The Labute approximate surface area is 127 Å². The fourth-order valence-electron chi connectivity index (χ4n) is 2.19. The maximum Gasteiger partial charge on any atom is 0.134 e. The van der Waals surface area contributed by atoms with Gasteiger partial charge >= 0.3 is 0 Å². The number of hydrogen-bond donors (Lipinski definition) is 0. The molecule has 2 atom stereocenters. The third kappa shape index (κ3) is 3.23. The standard InChI is InChI=1S/C17H15BrO2/c18-16-8-4-5-9-17(16)20-15-11-10-14(12-15)19-13-6-2-1-3-7-13/h1-11,14-15H,12H2/t14-,15+/m0/s1. The fraction of sp³-hybridized carbons (Fsp3) is 0.176. The highest BCUT2D eigenvalue weighted by Crippen LogP contribution is 2.28. The Morgan fingerprint density at radius 1 is 0.800 bits per heavy atom. The van der Waals surface area contributed by atoms with E-state index in [0.717, 1.165) is 22.4 Å². The van der Waals surface area contributed by atoms with Gasteiger partial charge in [0.2, 0.25) is 0 Å². The summed E-state index contributed by atoms with van der Waals surface area (Å²) < 4.78 is 12.8. The van der Waals surface area contributed by atoms with Gasteiger partial charge in [0.15, 0.2) is 0 Å². The summed E-state index contributed by atoms with van der Waals surface area (Å²) in [5.74, 6) is 1.76. The molecular formula is C17H15BrO2. The summed E-state index contributed by atoms with van der Waals surface area (Å²) in [6.07, 6.45) is 5.09. The molecule has 2 aromatic rings. The van der Waals surface area contributed by atoms with Crippen LogP contribution in [-0.2, 0) is 0 Å². The van der Waals surface area contributed by atoms with Crippen molar-refractivity contribution < 1.29 is 9.47 Å². The molecule has 0 radical (unpaired) electrons. The Morgan fingerprint density at radius 2 is 1.45 bits per heavy atom. The summed E-state index contributed by atoms with van der Waals surface area (Å²) in [5, 5.41) is 0. The van der Waals surface area contributed by atoms with Crippen LogP contribution in [0.2, 0.25) is 0 Å². The zero-order valence-corrected chi connectivity index (χ0v) is 12.5. The molecule has 1 aliphatic rings. The number of benzene rings is 2. The van der Waals surface area contributed by atoms with Crippen molar-refractivity contribution >= 4 is 15.9 Å². The molecule has 0 heterocycles. The lowest BCUT2D eigenvalue weighted by molar-refractivity contribution is 0.179. The first kappa shape index (κ1) is 13.3. The minimum atomic E-state index is 0.0578. The summed E-state index contributed by atoms with van der Waals surface area (Å²) in [6, 6.07) is 17.8. The SMILES string of the molecule is Brc1ccccc1O[C@@H]1C=C[C@H](Oc2ccccc2)C1. The molecule has 0 bridgehead atoms. The lowest BCUT2D eigenvalue weighted by Gasteiger charge is -2.16. The average molecular weight is 331 g/mol. The summed E-state index contributed by atoms with van der Waals surface area (Å²) in [6.45, 7) is 0. The van der Waals surface area contributed by atoms with Gasteiger partial charge in [0.05, 0.1) is 4.47 Å². The number of ether oxygens (including phenoxy) is 2. The van der Waals surface area contributed by atoms with E-state index < -0.39 is 0 Å². The van der Waals surface area contributed by atoms with Crippen LogP contribution in [0.4, 0.5) is 0 Å². The summed E-state index contributed by atoms with van der Waals surface area (Å²) >= 11 is 3.49. The van der Waals surface area contributed by atoms with E-state index >= 15 is 0 Å². The molecule has 3 rings (SSSR count). The second-order valence-electron chi connectivity index (χ2n) is 4.68. The van der Waals surface area contributed by atoms with E-state index in [1.807, 2.05) is 54.6 Å². The van der Waals surface area contributed by atoms with Crippen molar-refractivity contribution in [2.24, 2.45) is 0 Å². The van der Waals surface area contributed by atoms with Crippen molar-refractivity contribution in [3.8, 4) is 11.5 Å². The Hall–Kier alpha value is -1.74. The molecule has 2 nitrogen and oxygen atoms in total. The van der Waals surface area contributed by atoms with E-state index in [1.54, 1.807) is 0 Å². The van der Waals surface area contributed by atoms with Crippen LogP contribution in [-0.4, -0.2) is 12.2 Å². The van der Waals surface area contributed by atoms with Crippen LogP contribution in [0.25, 0.3) is 0 Å². The molecule has 0 saturated heterocycles. The second-order valence-corrected chi connectivity index (χ2v) is 5.53. The van der Waals surface area contributed by atoms with Crippen LogP contribution >= 0.6 is 15.9 Å². The Morgan fingerprint density at radius 3 is 2.20 bits per heavy atom. The Kier molecular flexibility index (Phi) is 4.07. The van der Waals surface area contributed by atoms with Crippen LogP contribution in [0.5, 0.6) is 11.5 Å². The molecule has 0 spiro atoms. The van der Waals surface area contributed by atoms with Gasteiger partial charge in [0.1, 0.15) is 23.7 Å². The Balaban J connectivity index is 1.58. The highest BCUT2D eigenvalue weighted by molar-refractivity contribution is 9.10. The van der Waals surface area contributed by atoms with Gasteiger partial charge in [-0.3, -0.25) is 0 Å². The average Bonchev–Trinajstić information content (AvgIpc) is 2.90. The summed E-state index contributed by atoms with van der Waals surface area (Å²) in [7, 11) is 0. The maximum atomic E-state index is 5.96. The lowest BCUT2D eigenvalue weighted by atomic mass is 10.2. The third-order valence-corrected chi connectivity index (χ3v) is 3.81. The van der Waals surface area contributed by atoms with Gasteiger partial charge in [-0.05, 0) is 52.3 Å². The zero-order valence-electron chi connectivity index (χ0n) is 10.9. The van der Waals surface area contributed by atoms with Gasteiger partial charge in [-0.25, -0.2) is 0 Å². The van der Waals surface area contributed by atoms with Crippen molar-refractivity contribution in [1.29, 1.82) is 0 Å². The molecule has 0 fully saturated rings. The number of hydrogen-bond acceptors (Lipinski definition) is 2. The maximum absolute atomic E-state index is 5.96. The van der Waals surface area contributed by atoms with Crippen LogP contribution < -0.4 is 9.47 Å². The summed E-state index contributed by atoms with van der Waals surface area (Å²) in [5.41, 5.74) is 0.